The van der Waals surface area contributed by atoms with Gasteiger partial charge in [-0.2, -0.15) is 0 Å². The molecule has 3 heteroatoms. The summed E-state index contributed by atoms with van der Waals surface area (Å²) in [5.41, 5.74) is 2.35. The van der Waals surface area contributed by atoms with E-state index in [9.17, 15) is 4.79 Å². The van der Waals surface area contributed by atoms with Crippen molar-refractivity contribution in [3.8, 4) is 0 Å². The van der Waals surface area contributed by atoms with Gasteiger partial charge >= 0.3 is 0 Å². The normalized spacial score (nSPS) is 21.2. The summed E-state index contributed by atoms with van der Waals surface area (Å²) in [5, 5.41) is 3.07. The molecule has 0 spiro atoms. The fourth-order valence-corrected chi connectivity index (χ4v) is 2.75. The predicted octanol–water partition coefficient (Wildman–Crippen LogP) is 3.40. The molecule has 1 N–H and O–H groups in total. The minimum Gasteiger partial charge on any atom is -0.310 e. The van der Waals surface area contributed by atoms with E-state index >= 15 is 0 Å². The van der Waals surface area contributed by atoms with Crippen LogP contribution in [0, 0.1) is 12.3 Å². The average molecular weight is 244 g/mol. The number of nitrogens with zero attached hydrogens (tertiary/aromatic N) is 1. The van der Waals surface area contributed by atoms with Gasteiger partial charge in [-0.3, -0.25) is 4.79 Å². The topological polar surface area (TPSA) is 42.0 Å². The maximum Gasteiger partial charge on any atom is 0.231 e. The lowest BCUT2D eigenvalue weighted by molar-refractivity contribution is -0.128. The Bertz CT molecular complexity index is 487. The molecule has 0 aromatic carbocycles. The molecule has 2 aliphatic rings. The molecule has 0 saturated heterocycles. The van der Waals surface area contributed by atoms with Crippen LogP contribution >= 0.6 is 0 Å². The number of carbonyl (C=O) groups is 1. The summed E-state index contributed by atoms with van der Waals surface area (Å²) in [7, 11) is 0. The van der Waals surface area contributed by atoms with Crippen molar-refractivity contribution in [3.63, 3.8) is 0 Å². The van der Waals surface area contributed by atoms with Gasteiger partial charge in [-0.05, 0) is 50.2 Å². The molecule has 0 bridgehead atoms. The molecule has 1 amide bonds. The van der Waals surface area contributed by atoms with E-state index in [0.717, 1.165) is 18.7 Å². The van der Waals surface area contributed by atoms with Crippen LogP contribution in [-0.4, -0.2) is 10.9 Å². The Kier molecular flexibility index (Phi) is 2.65. The summed E-state index contributed by atoms with van der Waals surface area (Å²) >= 11 is 0. The van der Waals surface area contributed by atoms with Crippen molar-refractivity contribution in [3.05, 3.63) is 23.4 Å². The first-order valence-electron chi connectivity index (χ1n) is 6.87. The van der Waals surface area contributed by atoms with E-state index in [2.05, 4.69) is 24.1 Å². The Labute approximate surface area is 108 Å². The summed E-state index contributed by atoms with van der Waals surface area (Å²) in [5.74, 6) is 1.56. The number of nitrogens with one attached hydrogen (secondary N) is 1. The average Bonchev–Trinajstić information content (AvgIpc) is 3.10. The summed E-state index contributed by atoms with van der Waals surface area (Å²) in [4.78, 5) is 16.7. The van der Waals surface area contributed by atoms with Crippen LogP contribution in [0.4, 0.5) is 5.82 Å². The molecule has 2 aliphatic carbocycles. The second-order valence-electron chi connectivity index (χ2n) is 6.03. The lowest BCUT2D eigenvalue weighted by Crippen LogP contribution is -2.39. The molecule has 2 fully saturated rings. The SMILES string of the molecule is Cc1ccnc(NC(=O)C2(C)CCC2)c1C1CC1. The van der Waals surface area contributed by atoms with Crippen LogP contribution in [0.15, 0.2) is 12.3 Å². The zero-order valence-corrected chi connectivity index (χ0v) is 11.1. The highest BCUT2D eigenvalue weighted by molar-refractivity contribution is 5.95. The molecular formula is C15H20N2O. The first-order valence-corrected chi connectivity index (χ1v) is 6.87. The van der Waals surface area contributed by atoms with Crippen molar-refractivity contribution >= 4 is 11.7 Å². The van der Waals surface area contributed by atoms with Crippen molar-refractivity contribution in [2.45, 2.75) is 51.9 Å². The third-order valence-electron chi connectivity index (χ3n) is 4.43. The highest BCUT2D eigenvalue weighted by Gasteiger charge is 2.40. The first kappa shape index (κ1) is 11.7. The highest BCUT2D eigenvalue weighted by Crippen LogP contribution is 2.45. The van der Waals surface area contributed by atoms with Crippen molar-refractivity contribution in [1.29, 1.82) is 0 Å². The summed E-state index contributed by atoms with van der Waals surface area (Å²) in [6, 6.07) is 2.04. The molecule has 96 valence electrons. The molecule has 0 atom stereocenters. The molecule has 3 nitrogen and oxygen atoms in total. The molecule has 0 unspecified atom stereocenters. The van der Waals surface area contributed by atoms with Crippen LogP contribution in [-0.2, 0) is 4.79 Å². The van der Waals surface area contributed by atoms with Crippen LogP contribution < -0.4 is 5.32 Å². The largest absolute Gasteiger partial charge is 0.310 e. The van der Waals surface area contributed by atoms with Gasteiger partial charge in [0.15, 0.2) is 0 Å². The molecule has 0 aliphatic heterocycles. The van der Waals surface area contributed by atoms with Gasteiger partial charge in [0.1, 0.15) is 5.82 Å². The Morgan fingerprint density at radius 1 is 1.44 bits per heavy atom. The molecule has 1 heterocycles. The van der Waals surface area contributed by atoms with Crippen molar-refractivity contribution < 1.29 is 4.79 Å². The minimum absolute atomic E-state index is 0.147. The number of anilines is 1. The summed E-state index contributed by atoms with van der Waals surface area (Å²) < 4.78 is 0. The first-order chi connectivity index (χ1) is 8.60. The van der Waals surface area contributed by atoms with E-state index in [-0.39, 0.29) is 11.3 Å². The molecule has 3 rings (SSSR count). The van der Waals surface area contributed by atoms with Crippen LogP contribution in [0.5, 0.6) is 0 Å². The standard InChI is InChI=1S/C15H20N2O/c1-10-6-9-16-13(12(10)11-4-5-11)17-14(18)15(2)7-3-8-15/h6,9,11H,3-5,7-8H2,1-2H3,(H,16,17,18). The Morgan fingerprint density at radius 2 is 2.17 bits per heavy atom. The quantitative estimate of drug-likeness (QED) is 0.885. The molecule has 0 radical (unpaired) electrons. The van der Waals surface area contributed by atoms with E-state index < -0.39 is 0 Å². The molecule has 2 saturated carbocycles. The Hall–Kier alpha value is -1.38. The maximum absolute atomic E-state index is 12.3. The third kappa shape index (κ3) is 1.92. The van der Waals surface area contributed by atoms with Crippen molar-refractivity contribution in [1.82, 2.24) is 4.98 Å². The van der Waals surface area contributed by atoms with E-state index in [4.69, 9.17) is 0 Å². The summed E-state index contributed by atoms with van der Waals surface area (Å²) in [6.45, 7) is 4.16. The van der Waals surface area contributed by atoms with Gasteiger partial charge < -0.3 is 5.32 Å². The highest BCUT2D eigenvalue weighted by atomic mass is 16.2. The Morgan fingerprint density at radius 3 is 2.72 bits per heavy atom. The Balaban J connectivity index is 1.84. The second kappa shape index (κ2) is 4.08. The molecular weight excluding hydrogens is 224 g/mol. The van der Waals surface area contributed by atoms with E-state index in [1.165, 1.54) is 30.4 Å². The van der Waals surface area contributed by atoms with Crippen molar-refractivity contribution in [2.24, 2.45) is 5.41 Å². The number of pyridine rings is 1. The maximum atomic E-state index is 12.3. The number of carbonyl (C=O) groups excluding carboxylic acids is 1. The number of hydrogen-bond donors (Lipinski definition) is 1. The number of aryl methyl sites for hydroxylation is 1. The van der Waals surface area contributed by atoms with Crippen LogP contribution in [0.25, 0.3) is 0 Å². The van der Waals surface area contributed by atoms with Gasteiger partial charge in [-0.25, -0.2) is 4.98 Å². The van der Waals surface area contributed by atoms with Gasteiger partial charge in [0.2, 0.25) is 5.91 Å². The van der Waals surface area contributed by atoms with E-state index in [0.29, 0.717) is 5.92 Å². The van der Waals surface area contributed by atoms with Crippen LogP contribution in [0.1, 0.15) is 56.1 Å². The summed E-state index contributed by atoms with van der Waals surface area (Å²) in [6.07, 6.45) is 7.42. The van der Waals surface area contributed by atoms with Gasteiger partial charge in [0.25, 0.3) is 0 Å². The molecule has 1 aromatic rings. The number of hydrogen-bond acceptors (Lipinski definition) is 2. The van der Waals surface area contributed by atoms with E-state index in [1.54, 1.807) is 6.20 Å². The van der Waals surface area contributed by atoms with Crippen molar-refractivity contribution in [2.75, 3.05) is 5.32 Å². The minimum atomic E-state index is -0.160. The lowest BCUT2D eigenvalue weighted by atomic mass is 9.70. The van der Waals surface area contributed by atoms with Crippen LogP contribution in [0.3, 0.4) is 0 Å². The van der Waals surface area contributed by atoms with E-state index in [1.807, 2.05) is 6.07 Å². The smallest absolute Gasteiger partial charge is 0.231 e. The number of aromatic nitrogens is 1. The lowest BCUT2D eigenvalue weighted by Gasteiger charge is -2.36. The number of rotatable bonds is 3. The fraction of sp³-hybridized carbons (Fsp3) is 0.600. The van der Waals surface area contributed by atoms with Gasteiger partial charge in [0, 0.05) is 17.2 Å². The van der Waals surface area contributed by atoms with Gasteiger partial charge in [0.05, 0.1) is 0 Å². The van der Waals surface area contributed by atoms with Gasteiger partial charge in [-0.1, -0.05) is 13.3 Å². The zero-order valence-electron chi connectivity index (χ0n) is 11.1. The third-order valence-corrected chi connectivity index (χ3v) is 4.43. The van der Waals surface area contributed by atoms with Crippen LogP contribution in [0.2, 0.25) is 0 Å². The zero-order chi connectivity index (χ0) is 12.8. The fourth-order valence-electron chi connectivity index (χ4n) is 2.75. The monoisotopic (exact) mass is 244 g/mol. The number of amides is 1. The molecule has 1 aromatic heterocycles. The predicted molar refractivity (Wildman–Crippen MR) is 71.5 cm³/mol. The van der Waals surface area contributed by atoms with Gasteiger partial charge in [-0.15, -0.1) is 0 Å². The second-order valence-corrected chi connectivity index (χ2v) is 6.03. The molecule has 18 heavy (non-hydrogen) atoms.